The van der Waals surface area contributed by atoms with Crippen LogP contribution in [0.5, 0.6) is 11.5 Å². The summed E-state index contributed by atoms with van der Waals surface area (Å²) >= 11 is 5.92. The summed E-state index contributed by atoms with van der Waals surface area (Å²) in [4.78, 5) is 24.2. The van der Waals surface area contributed by atoms with Gasteiger partial charge in [0, 0.05) is 5.02 Å². The summed E-state index contributed by atoms with van der Waals surface area (Å²) in [6.07, 6.45) is 0.0235. The summed E-state index contributed by atoms with van der Waals surface area (Å²) in [5, 5.41) is 6.21. The molecule has 0 fully saturated rings. The molecule has 7 heteroatoms. The van der Waals surface area contributed by atoms with Gasteiger partial charge in [-0.2, -0.15) is 0 Å². The molecule has 2 atom stereocenters. The van der Waals surface area contributed by atoms with Crippen molar-refractivity contribution in [1.29, 1.82) is 0 Å². The van der Waals surface area contributed by atoms with Crippen molar-refractivity contribution in [3.05, 3.63) is 95.0 Å². The van der Waals surface area contributed by atoms with Crippen LogP contribution in [0.15, 0.2) is 78.9 Å². The molecular weight excluding hydrogens is 414 g/mol. The van der Waals surface area contributed by atoms with Crippen LogP contribution in [0.3, 0.4) is 0 Å². The summed E-state index contributed by atoms with van der Waals surface area (Å²) in [5.74, 6) is 1.05. The van der Waals surface area contributed by atoms with Crippen molar-refractivity contribution in [3.63, 3.8) is 0 Å². The fourth-order valence-electron chi connectivity index (χ4n) is 3.16. The van der Waals surface area contributed by atoms with Gasteiger partial charge in [-0.15, -0.1) is 0 Å². The Morgan fingerprint density at radius 2 is 1.58 bits per heavy atom. The van der Waals surface area contributed by atoms with Gasteiger partial charge < -0.3 is 21.1 Å². The van der Waals surface area contributed by atoms with Crippen molar-refractivity contribution in [2.45, 2.75) is 25.4 Å². The highest BCUT2D eigenvalue weighted by molar-refractivity contribution is 6.30. The van der Waals surface area contributed by atoms with Crippen LogP contribution in [0.25, 0.3) is 0 Å². The molecule has 0 saturated heterocycles. The molecule has 3 aromatic rings. The van der Waals surface area contributed by atoms with E-state index in [2.05, 4.69) is 10.6 Å². The van der Waals surface area contributed by atoms with Gasteiger partial charge in [-0.05, 0) is 54.4 Å². The molecule has 2 unspecified atom stereocenters. The van der Waals surface area contributed by atoms with Crippen LogP contribution >= 0.6 is 11.6 Å². The number of nitrogens with one attached hydrogen (secondary N) is 2. The molecule has 3 amide bonds. The van der Waals surface area contributed by atoms with E-state index in [1.165, 1.54) is 0 Å². The van der Waals surface area contributed by atoms with Crippen molar-refractivity contribution in [2.24, 2.45) is 5.73 Å². The molecule has 31 heavy (non-hydrogen) atoms. The average molecular weight is 438 g/mol. The minimum absolute atomic E-state index is 0.0235. The van der Waals surface area contributed by atoms with Crippen molar-refractivity contribution in [1.82, 2.24) is 10.6 Å². The first-order chi connectivity index (χ1) is 14.9. The number of para-hydroxylation sites is 1. The maximum absolute atomic E-state index is 12.7. The molecule has 160 valence electrons. The van der Waals surface area contributed by atoms with E-state index in [1.54, 1.807) is 30.3 Å². The monoisotopic (exact) mass is 437 g/mol. The van der Waals surface area contributed by atoms with Crippen molar-refractivity contribution < 1.29 is 14.3 Å². The first-order valence-corrected chi connectivity index (χ1v) is 10.2. The lowest BCUT2D eigenvalue weighted by Gasteiger charge is -2.20. The molecule has 6 nitrogen and oxygen atoms in total. The first kappa shape index (κ1) is 22.2. The second-order valence-electron chi connectivity index (χ2n) is 7.09. The molecule has 0 spiro atoms. The molecule has 0 aromatic heterocycles. The van der Waals surface area contributed by atoms with E-state index in [1.807, 2.05) is 55.5 Å². The van der Waals surface area contributed by atoms with Gasteiger partial charge in [-0.25, -0.2) is 4.79 Å². The Hall–Kier alpha value is -3.51. The number of urea groups is 1. The Kier molecular flexibility index (Phi) is 7.51. The van der Waals surface area contributed by atoms with E-state index < -0.39 is 12.1 Å². The van der Waals surface area contributed by atoms with E-state index in [0.29, 0.717) is 22.1 Å². The van der Waals surface area contributed by atoms with Gasteiger partial charge >= 0.3 is 6.03 Å². The van der Waals surface area contributed by atoms with Gasteiger partial charge in [0.2, 0.25) is 5.91 Å². The maximum atomic E-state index is 12.7. The predicted molar refractivity (Wildman–Crippen MR) is 121 cm³/mol. The minimum atomic E-state index is -0.710. The number of hydrogen-bond acceptors (Lipinski definition) is 3. The van der Waals surface area contributed by atoms with Crippen molar-refractivity contribution in [2.75, 3.05) is 0 Å². The zero-order valence-electron chi connectivity index (χ0n) is 17.0. The molecule has 0 heterocycles. The van der Waals surface area contributed by atoms with Crippen LogP contribution < -0.4 is 21.1 Å². The lowest BCUT2D eigenvalue weighted by Crippen LogP contribution is -2.37. The SMILES string of the molecule is CC(NC(=O)CC(NC(N)=O)c1cccc(Oc2ccccc2)c1)c1ccc(Cl)cc1. The quantitative estimate of drug-likeness (QED) is 0.457. The number of carbonyl (C=O) groups is 2. The third-order valence-corrected chi connectivity index (χ3v) is 4.94. The van der Waals surface area contributed by atoms with Crippen LogP contribution in [0, 0.1) is 0 Å². The van der Waals surface area contributed by atoms with E-state index in [9.17, 15) is 9.59 Å². The molecule has 0 saturated carbocycles. The molecule has 0 bridgehead atoms. The number of halogens is 1. The normalized spacial score (nSPS) is 12.5. The number of hydrogen-bond donors (Lipinski definition) is 3. The zero-order valence-corrected chi connectivity index (χ0v) is 17.8. The largest absolute Gasteiger partial charge is 0.457 e. The molecule has 0 radical (unpaired) electrons. The van der Waals surface area contributed by atoms with Gasteiger partial charge in [0.15, 0.2) is 0 Å². The number of benzene rings is 3. The maximum Gasteiger partial charge on any atom is 0.312 e. The van der Waals surface area contributed by atoms with E-state index in [0.717, 1.165) is 5.56 Å². The summed E-state index contributed by atoms with van der Waals surface area (Å²) in [5.41, 5.74) is 6.99. The summed E-state index contributed by atoms with van der Waals surface area (Å²) < 4.78 is 5.86. The standard InChI is InChI=1S/C24H24ClN3O3/c1-16(17-10-12-19(25)13-11-17)27-23(29)15-22(28-24(26)30)18-6-5-9-21(14-18)31-20-7-3-2-4-8-20/h2-14,16,22H,15H2,1H3,(H,27,29)(H3,26,28,30). The van der Waals surface area contributed by atoms with E-state index in [4.69, 9.17) is 22.1 Å². The lowest BCUT2D eigenvalue weighted by molar-refractivity contribution is -0.122. The molecule has 0 aliphatic carbocycles. The van der Waals surface area contributed by atoms with Crippen LogP contribution in [-0.4, -0.2) is 11.9 Å². The Morgan fingerprint density at radius 3 is 2.26 bits per heavy atom. The minimum Gasteiger partial charge on any atom is -0.457 e. The summed E-state index contributed by atoms with van der Waals surface area (Å²) in [7, 11) is 0. The molecule has 3 aromatic carbocycles. The second-order valence-corrected chi connectivity index (χ2v) is 7.53. The highest BCUT2D eigenvalue weighted by Gasteiger charge is 2.20. The van der Waals surface area contributed by atoms with Crippen LogP contribution in [-0.2, 0) is 4.79 Å². The topological polar surface area (TPSA) is 93.5 Å². The molecule has 4 N–H and O–H groups in total. The Labute approximate surface area is 186 Å². The predicted octanol–water partition coefficient (Wildman–Crippen LogP) is 5.11. The number of nitrogens with two attached hydrogens (primary N) is 1. The Bertz CT molecular complexity index is 1030. The van der Waals surface area contributed by atoms with Gasteiger partial charge in [-0.3, -0.25) is 4.79 Å². The highest BCUT2D eigenvalue weighted by Crippen LogP contribution is 2.26. The second kappa shape index (κ2) is 10.5. The number of primary amides is 1. The van der Waals surface area contributed by atoms with Crippen LogP contribution in [0.4, 0.5) is 4.79 Å². The van der Waals surface area contributed by atoms with Crippen molar-refractivity contribution >= 4 is 23.5 Å². The van der Waals surface area contributed by atoms with Crippen molar-refractivity contribution in [3.8, 4) is 11.5 Å². The average Bonchev–Trinajstić information content (AvgIpc) is 2.74. The number of ether oxygens (including phenoxy) is 1. The van der Waals surface area contributed by atoms with Gasteiger partial charge in [0.25, 0.3) is 0 Å². The Balaban J connectivity index is 1.71. The number of rotatable bonds is 8. The molecule has 0 aliphatic heterocycles. The zero-order chi connectivity index (χ0) is 22.2. The number of amides is 3. The highest BCUT2D eigenvalue weighted by atomic mass is 35.5. The van der Waals surface area contributed by atoms with Gasteiger partial charge in [0.1, 0.15) is 11.5 Å². The fraction of sp³-hybridized carbons (Fsp3) is 0.167. The first-order valence-electron chi connectivity index (χ1n) is 9.84. The van der Waals surface area contributed by atoms with E-state index >= 15 is 0 Å². The van der Waals surface area contributed by atoms with Gasteiger partial charge in [0.05, 0.1) is 18.5 Å². The van der Waals surface area contributed by atoms with E-state index in [-0.39, 0.29) is 18.4 Å². The molecule has 0 aliphatic rings. The molecular formula is C24H24ClN3O3. The lowest BCUT2D eigenvalue weighted by atomic mass is 10.0. The smallest absolute Gasteiger partial charge is 0.312 e. The third-order valence-electron chi connectivity index (χ3n) is 4.69. The summed E-state index contributed by atoms with van der Waals surface area (Å²) in [6.45, 7) is 1.88. The van der Waals surface area contributed by atoms with Gasteiger partial charge in [-0.1, -0.05) is 54.1 Å². The van der Waals surface area contributed by atoms with Crippen LogP contribution in [0.2, 0.25) is 5.02 Å². The third kappa shape index (κ3) is 6.76. The Morgan fingerprint density at radius 1 is 0.903 bits per heavy atom. The number of carbonyl (C=O) groups excluding carboxylic acids is 2. The summed E-state index contributed by atoms with van der Waals surface area (Å²) in [6, 6.07) is 22.3. The molecule has 3 rings (SSSR count). The van der Waals surface area contributed by atoms with Crippen LogP contribution in [0.1, 0.15) is 36.6 Å². The fourth-order valence-corrected chi connectivity index (χ4v) is 3.29.